The quantitative estimate of drug-likeness (QED) is 0.793. The predicted molar refractivity (Wildman–Crippen MR) is 98.6 cm³/mol. The van der Waals surface area contributed by atoms with Gasteiger partial charge in [0.05, 0.1) is 17.3 Å². The second kappa shape index (κ2) is 7.43. The Morgan fingerprint density at radius 2 is 1.93 bits per heavy atom. The zero-order chi connectivity index (χ0) is 19.6. The number of halogens is 2. The minimum atomic E-state index is -2.71. The standard InChI is InChI=1S/C21H21F2N3O/c1-14(2)18-4-3-5-19(25-18)17-12-15(13-24)6-7-16(17)20(27)26-10-8-21(22,23)9-11-26/h3-7,12,14H,8-11H2,1-2H3. The van der Waals surface area contributed by atoms with Gasteiger partial charge in [-0.05, 0) is 36.2 Å². The maximum absolute atomic E-state index is 13.4. The Morgan fingerprint density at radius 3 is 2.56 bits per heavy atom. The maximum Gasteiger partial charge on any atom is 0.254 e. The smallest absolute Gasteiger partial charge is 0.254 e. The lowest BCUT2D eigenvalue weighted by atomic mass is 9.98. The van der Waals surface area contributed by atoms with Crippen LogP contribution >= 0.6 is 0 Å². The molecule has 4 nitrogen and oxygen atoms in total. The summed E-state index contributed by atoms with van der Waals surface area (Å²) in [5.74, 6) is -2.80. The van der Waals surface area contributed by atoms with Crippen LogP contribution in [0.2, 0.25) is 0 Å². The minimum absolute atomic E-state index is 0.0186. The van der Waals surface area contributed by atoms with Gasteiger partial charge in [-0.3, -0.25) is 9.78 Å². The van der Waals surface area contributed by atoms with Crippen LogP contribution in [0.4, 0.5) is 8.78 Å². The van der Waals surface area contributed by atoms with E-state index in [0.29, 0.717) is 22.4 Å². The van der Waals surface area contributed by atoms with Crippen molar-refractivity contribution in [3.8, 4) is 17.3 Å². The Morgan fingerprint density at radius 1 is 1.22 bits per heavy atom. The van der Waals surface area contributed by atoms with Crippen LogP contribution in [0.5, 0.6) is 0 Å². The van der Waals surface area contributed by atoms with Crippen molar-refractivity contribution in [2.24, 2.45) is 0 Å². The first kappa shape index (κ1) is 19.0. The third-order valence-electron chi connectivity index (χ3n) is 4.80. The largest absolute Gasteiger partial charge is 0.338 e. The van der Waals surface area contributed by atoms with Crippen molar-refractivity contribution in [2.75, 3.05) is 13.1 Å². The number of likely N-dealkylation sites (tertiary alicyclic amines) is 1. The van der Waals surface area contributed by atoms with Gasteiger partial charge in [0.25, 0.3) is 11.8 Å². The van der Waals surface area contributed by atoms with E-state index in [-0.39, 0.29) is 37.8 Å². The van der Waals surface area contributed by atoms with Crippen molar-refractivity contribution in [3.05, 3.63) is 53.2 Å². The Balaban J connectivity index is 2.00. The molecule has 27 heavy (non-hydrogen) atoms. The molecule has 0 saturated carbocycles. The summed E-state index contributed by atoms with van der Waals surface area (Å²) in [5, 5.41) is 9.24. The van der Waals surface area contributed by atoms with E-state index in [4.69, 9.17) is 0 Å². The van der Waals surface area contributed by atoms with Gasteiger partial charge >= 0.3 is 0 Å². The van der Waals surface area contributed by atoms with E-state index in [1.807, 2.05) is 26.0 Å². The summed E-state index contributed by atoms with van der Waals surface area (Å²) in [4.78, 5) is 19.1. The number of piperidine rings is 1. The van der Waals surface area contributed by atoms with E-state index >= 15 is 0 Å². The molecule has 2 heterocycles. The molecule has 6 heteroatoms. The number of rotatable bonds is 3. The Bertz CT molecular complexity index is 893. The number of hydrogen-bond donors (Lipinski definition) is 0. The highest BCUT2D eigenvalue weighted by Crippen LogP contribution is 2.31. The van der Waals surface area contributed by atoms with Gasteiger partial charge in [-0.25, -0.2) is 8.78 Å². The van der Waals surface area contributed by atoms with Crippen molar-refractivity contribution in [3.63, 3.8) is 0 Å². The van der Waals surface area contributed by atoms with Crippen LogP contribution in [0.3, 0.4) is 0 Å². The lowest BCUT2D eigenvalue weighted by molar-refractivity contribution is -0.0494. The summed E-state index contributed by atoms with van der Waals surface area (Å²) in [6, 6.07) is 12.5. The van der Waals surface area contributed by atoms with E-state index in [0.717, 1.165) is 5.69 Å². The second-order valence-electron chi connectivity index (χ2n) is 7.12. The van der Waals surface area contributed by atoms with Gasteiger partial charge in [0, 0.05) is 42.8 Å². The summed E-state index contributed by atoms with van der Waals surface area (Å²) in [6.45, 7) is 4.09. The number of pyridine rings is 1. The lowest BCUT2D eigenvalue weighted by Crippen LogP contribution is -2.42. The number of carbonyl (C=O) groups is 1. The molecule has 3 rings (SSSR count). The van der Waals surface area contributed by atoms with Crippen LogP contribution < -0.4 is 0 Å². The van der Waals surface area contributed by atoms with Crippen LogP contribution in [-0.2, 0) is 0 Å². The third kappa shape index (κ3) is 4.13. The summed E-state index contributed by atoms with van der Waals surface area (Å²) in [5.41, 5.74) is 2.84. The van der Waals surface area contributed by atoms with Crippen LogP contribution in [0.1, 0.15) is 54.2 Å². The predicted octanol–water partition coefficient (Wildman–Crippen LogP) is 4.61. The highest BCUT2D eigenvalue weighted by molar-refractivity contribution is 6.00. The van der Waals surface area contributed by atoms with Gasteiger partial charge in [-0.2, -0.15) is 5.26 Å². The molecule has 1 amide bonds. The molecule has 1 aliphatic heterocycles. The van der Waals surface area contributed by atoms with E-state index < -0.39 is 5.92 Å². The van der Waals surface area contributed by atoms with Gasteiger partial charge in [0.15, 0.2) is 0 Å². The molecule has 1 aliphatic rings. The van der Waals surface area contributed by atoms with E-state index in [1.54, 1.807) is 24.3 Å². The molecule has 1 aromatic heterocycles. The minimum Gasteiger partial charge on any atom is -0.338 e. The fourth-order valence-corrected chi connectivity index (χ4v) is 3.14. The van der Waals surface area contributed by atoms with E-state index in [1.165, 1.54) is 4.90 Å². The second-order valence-corrected chi connectivity index (χ2v) is 7.12. The first-order valence-electron chi connectivity index (χ1n) is 8.99. The molecule has 1 saturated heterocycles. The first-order valence-corrected chi connectivity index (χ1v) is 8.99. The fourth-order valence-electron chi connectivity index (χ4n) is 3.14. The van der Waals surface area contributed by atoms with Gasteiger partial charge in [0.1, 0.15) is 0 Å². The Kier molecular flexibility index (Phi) is 5.22. The van der Waals surface area contributed by atoms with Gasteiger partial charge in [-0.1, -0.05) is 19.9 Å². The number of alkyl halides is 2. The van der Waals surface area contributed by atoms with Gasteiger partial charge in [0.2, 0.25) is 0 Å². The lowest BCUT2D eigenvalue weighted by Gasteiger charge is -2.32. The molecule has 0 aliphatic carbocycles. The topological polar surface area (TPSA) is 57.0 Å². The summed E-state index contributed by atoms with van der Waals surface area (Å²) in [6.07, 6.45) is -0.656. The molecule has 2 aromatic rings. The molecule has 0 spiro atoms. The first-order chi connectivity index (χ1) is 12.8. The molecule has 140 valence electrons. The average Bonchev–Trinajstić information content (AvgIpc) is 2.67. The molecule has 0 unspecified atom stereocenters. The van der Waals surface area contributed by atoms with Crippen molar-refractivity contribution in [1.82, 2.24) is 9.88 Å². The Hall–Kier alpha value is -2.81. The fraction of sp³-hybridized carbons (Fsp3) is 0.381. The van der Waals surface area contributed by atoms with Gasteiger partial charge in [-0.15, -0.1) is 0 Å². The molecule has 0 atom stereocenters. The van der Waals surface area contributed by atoms with Crippen LogP contribution in [0, 0.1) is 11.3 Å². The van der Waals surface area contributed by atoms with Crippen molar-refractivity contribution >= 4 is 5.91 Å². The van der Waals surface area contributed by atoms with Gasteiger partial charge < -0.3 is 4.90 Å². The molecule has 1 aromatic carbocycles. The highest BCUT2D eigenvalue weighted by Gasteiger charge is 2.36. The molecular weight excluding hydrogens is 348 g/mol. The Labute approximate surface area is 157 Å². The number of benzene rings is 1. The summed E-state index contributed by atoms with van der Waals surface area (Å²) < 4.78 is 26.8. The normalized spacial score (nSPS) is 16.2. The molecule has 0 radical (unpaired) electrons. The van der Waals surface area contributed by atoms with Crippen molar-refractivity contribution in [1.29, 1.82) is 5.26 Å². The molecule has 1 fully saturated rings. The van der Waals surface area contributed by atoms with E-state index in [2.05, 4.69) is 11.1 Å². The monoisotopic (exact) mass is 369 g/mol. The number of nitrogens with zero attached hydrogens (tertiary/aromatic N) is 3. The number of hydrogen-bond acceptors (Lipinski definition) is 3. The average molecular weight is 369 g/mol. The third-order valence-corrected chi connectivity index (χ3v) is 4.80. The molecule has 0 N–H and O–H groups in total. The number of amides is 1. The van der Waals surface area contributed by atoms with Crippen LogP contribution in [-0.4, -0.2) is 34.8 Å². The number of nitriles is 1. The molecular formula is C21H21F2N3O. The maximum atomic E-state index is 13.4. The summed E-state index contributed by atoms with van der Waals surface area (Å²) >= 11 is 0. The SMILES string of the molecule is CC(C)c1cccc(-c2cc(C#N)ccc2C(=O)N2CCC(F)(F)CC2)n1. The van der Waals surface area contributed by atoms with Crippen LogP contribution in [0.15, 0.2) is 36.4 Å². The highest BCUT2D eigenvalue weighted by atomic mass is 19.3. The summed E-state index contributed by atoms with van der Waals surface area (Å²) in [7, 11) is 0. The number of aromatic nitrogens is 1. The van der Waals surface area contributed by atoms with Crippen molar-refractivity contribution < 1.29 is 13.6 Å². The van der Waals surface area contributed by atoms with E-state index in [9.17, 15) is 18.8 Å². The number of carbonyl (C=O) groups excluding carboxylic acids is 1. The van der Waals surface area contributed by atoms with Crippen LogP contribution in [0.25, 0.3) is 11.3 Å². The molecule has 0 bridgehead atoms. The zero-order valence-electron chi connectivity index (χ0n) is 15.4. The van der Waals surface area contributed by atoms with Crippen molar-refractivity contribution in [2.45, 2.75) is 38.5 Å². The zero-order valence-corrected chi connectivity index (χ0v) is 15.4.